The van der Waals surface area contributed by atoms with Crippen LogP contribution < -0.4 is 0 Å². The zero-order chi connectivity index (χ0) is 9.54. The molecule has 0 aliphatic heterocycles. The van der Waals surface area contributed by atoms with E-state index in [4.69, 9.17) is 4.42 Å². The van der Waals surface area contributed by atoms with E-state index in [1.807, 2.05) is 12.1 Å². The molecule has 3 rings (SSSR count). The lowest BCUT2D eigenvalue weighted by atomic mass is 10.2. The number of fused-ring (bicyclic) bond motifs is 3. The van der Waals surface area contributed by atoms with Crippen molar-refractivity contribution in [2.45, 2.75) is 0 Å². The number of aldehydes is 1. The molecule has 68 valence electrons. The van der Waals surface area contributed by atoms with Gasteiger partial charge in [-0.05, 0) is 12.1 Å². The molecule has 3 aromatic rings. The first-order valence-corrected chi connectivity index (χ1v) is 4.19. The maximum absolute atomic E-state index is 10.8. The molecule has 4 heteroatoms. The van der Waals surface area contributed by atoms with Gasteiger partial charge in [0.25, 0.3) is 0 Å². The van der Waals surface area contributed by atoms with E-state index in [0.29, 0.717) is 11.1 Å². The normalized spacial score (nSPS) is 11.1. The molecule has 0 spiro atoms. The highest BCUT2D eigenvalue weighted by Gasteiger charge is 2.09. The molecule has 0 amide bonds. The van der Waals surface area contributed by atoms with Gasteiger partial charge in [-0.2, -0.15) is 5.10 Å². The zero-order valence-electron chi connectivity index (χ0n) is 7.18. The second kappa shape index (κ2) is 2.45. The number of aromatic nitrogens is 2. The molecule has 0 fully saturated rings. The monoisotopic (exact) mass is 186 g/mol. The van der Waals surface area contributed by atoms with Crippen molar-refractivity contribution in [3.05, 3.63) is 36.4 Å². The van der Waals surface area contributed by atoms with Crippen LogP contribution in [0.3, 0.4) is 0 Å². The van der Waals surface area contributed by atoms with Crippen LogP contribution in [0.25, 0.3) is 16.5 Å². The van der Waals surface area contributed by atoms with E-state index >= 15 is 0 Å². The van der Waals surface area contributed by atoms with Crippen LogP contribution in [0.5, 0.6) is 0 Å². The Morgan fingerprint density at radius 2 is 2.36 bits per heavy atom. The van der Waals surface area contributed by atoms with E-state index in [9.17, 15) is 4.79 Å². The maximum atomic E-state index is 10.8. The molecule has 3 heterocycles. The van der Waals surface area contributed by atoms with Gasteiger partial charge < -0.3 is 4.42 Å². The van der Waals surface area contributed by atoms with E-state index < -0.39 is 0 Å². The van der Waals surface area contributed by atoms with E-state index in [2.05, 4.69) is 5.10 Å². The van der Waals surface area contributed by atoms with E-state index in [1.54, 1.807) is 17.0 Å². The molecule has 0 bridgehead atoms. The number of furan rings is 1. The topological polar surface area (TPSA) is 47.5 Å². The first-order chi connectivity index (χ1) is 6.90. The Hall–Kier alpha value is -2.10. The number of carbonyl (C=O) groups is 1. The van der Waals surface area contributed by atoms with Crippen molar-refractivity contribution >= 4 is 22.8 Å². The zero-order valence-corrected chi connectivity index (χ0v) is 7.18. The fraction of sp³-hybridized carbons (Fsp3) is 0. The van der Waals surface area contributed by atoms with Gasteiger partial charge in [0, 0.05) is 11.6 Å². The molecule has 0 saturated carbocycles. The quantitative estimate of drug-likeness (QED) is 0.545. The number of hydrogen-bond acceptors (Lipinski definition) is 3. The summed E-state index contributed by atoms with van der Waals surface area (Å²) in [6.07, 6.45) is 5.72. The summed E-state index contributed by atoms with van der Waals surface area (Å²) in [6, 6.07) is 3.75. The first-order valence-electron chi connectivity index (χ1n) is 4.19. The van der Waals surface area contributed by atoms with Gasteiger partial charge in [0.1, 0.15) is 5.52 Å². The molecule has 0 N–H and O–H groups in total. The van der Waals surface area contributed by atoms with Gasteiger partial charge in [-0.25, -0.2) is 4.52 Å². The number of hydrogen-bond donors (Lipinski definition) is 0. The van der Waals surface area contributed by atoms with Crippen LogP contribution in [-0.4, -0.2) is 15.9 Å². The third-order valence-corrected chi connectivity index (χ3v) is 2.26. The molecule has 0 radical (unpaired) electrons. The lowest BCUT2D eigenvalue weighted by molar-refractivity contribution is 0.112. The molecule has 0 aliphatic carbocycles. The van der Waals surface area contributed by atoms with Crippen LogP contribution in [0.15, 0.2) is 35.2 Å². The average molecular weight is 186 g/mol. The third-order valence-electron chi connectivity index (χ3n) is 2.26. The van der Waals surface area contributed by atoms with Crippen molar-refractivity contribution in [1.82, 2.24) is 9.61 Å². The Kier molecular flexibility index (Phi) is 1.28. The van der Waals surface area contributed by atoms with E-state index in [0.717, 1.165) is 17.2 Å². The second-order valence-corrected chi connectivity index (χ2v) is 3.03. The SMILES string of the molecule is O=Cc1cnn2ccc3ccoc3c12. The van der Waals surface area contributed by atoms with Gasteiger partial charge >= 0.3 is 0 Å². The molecule has 4 nitrogen and oxygen atoms in total. The Labute approximate surface area is 78.7 Å². The summed E-state index contributed by atoms with van der Waals surface area (Å²) in [5.41, 5.74) is 1.97. The smallest absolute Gasteiger partial charge is 0.160 e. The van der Waals surface area contributed by atoms with Crippen molar-refractivity contribution < 1.29 is 9.21 Å². The minimum absolute atomic E-state index is 0.547. The summed E-state index contributed by atoms with van der Waals surface area (Å²) < 4.78 is 6.95. The molecule has 3 aromatic heterocycles. The Morgan fingerprint density at radius 3 is 3.21 bits per heavy atom. The van der Waals surface area contributed by atoms with Crippen LogP contribution in [0, 0.1) is 0 Å². The molecular weight excluding hydrogens is 180 g/mol. The summed E-state index contributed by atoms with van der Waals surface area (Å²) in [7, 11) is 0. The first kappa shape index (κ1) is 7.32. The van der Waals surface area contributed by atoms with Crippen molar-refractivity contribution in [2.75, 3.05) is 0 Å². The highest BCUT2D eigenvalue weighted by atomic mass is 16.3. The van der Waals surface area contributed by atoms with Gasteiger partial charge in [-0.1, -0.05) is 0 Å². The molecule has 0 atom stereocenters. The predicted molar refractivity (Wildman–Crippen MR) is 50.4 cm³/mol. The number of carbonyl (C=O) groups excluding carboxylic acids is 1. The summed E-state index contributed by atoms with van der Waals surface area (Å²) in [5, 5.41) is 5.02. The number of nitrogens with zero attached hydrogens (tertiary/aromatic N) is 2. The molecule has 0 aliphatic rings. The summed E-state index contributed by atoms with van der Waals surface area (Å²) in [5.74, 6) is 0. The highest BCUT2D eigenvalue weighted by molar-refractivity contribution is 6.00. The average Bonchev–Trinajstić information content (AvgIpc) is 2.82. The lowest BCUT2D eigenvalue weighted by Gasteiger charge is -1.93. The van der Waals surface area contributed by atoms with Crippen molar-refractivity contribution in [3.63, 3.8) is 0 Å². The Bertz CT molecular complexity index is 621. The number of pyridine rings is 1. The summed E-state index contributed by atoms with van der Waals surface area (Å²) >= 11 is 0. The van der Waals surface area contributed by atoms with Gasteiger partial charge in [0.15, 0.2) is 11.9 Å². The van der Waals surface area contributed by atoms with Crippen molar-refractivity contribution in [2.24, 2.45) is 0 Å². The van der Waals surface area contributed by atoms with Gasteiger partial charge in [0.2, 0.25) is 0 Å². The molecule has 0 saturated heterocycles. The lowest BCUT2D eigenvalue weighted by Crippen LogP contribution is -1.86. The number of rotatable bonds is 1. The van der Waals surface area contributed by atoms with Crippen LogP contribution >= 0.6 is 0 Å². The minimum Gasteiger partial charge on any atom is -0.462 e. The summed E-state index contributed by atoms with van der Waals surface area (Å²) in [6.45, 7) is 0. The molecule has 0 aromatic carbocycles. The van der Waals surface area contributed by atoms with Crippen molar-refractivity contribution in [3.8, 4) is 0 Å². The third kappa shape index (κ3) is 0.771. The van der Waals surface area contributed by atoms with Crippen LogP contribution in [0.2, 0.25) is 0 Å². The fourth-order valence-electron chi connectivity index (χ4n) is 1.60. The van der Waals surface area contributed by atoms with E-state index in [1.165, 1.54) is 6.20 Å². The standard InChI is InChI=1S/C10H6N2O2/c13-6-8-5-11-12-3-1-7-2-4-14-10(7)9(8)12/h1-6H. The molecular formula is C10H6N2O2. The Balaban J connectivity index is 2.64. The predicted octanol–water partition coefficient (Wildman–Crippen LogP) is 1.89. The van der Waals surface area contributed by atoms with Crippen molar-refractivity contribution in [1.29, 1.82) is 0 Å². The fourth-order valence-corrected chi connectivity index (χ4v) is 1.60. The minimum atomic E-state index is 0.547. The van der Waals surface area contributed by atoms with Gasteiger partial charge in [0.05, 0.1) is 18.0 Å². The van der Waals surface area contributed by atoms with Crippen LogP contribution in [-0.2, 0) is 0 Å². The Morgan fingerprint density at radius 1 is 1.43 bits per heavy atom. The summed E-state index contributed by atoms with van der Waals surface area (Å²) in [4.78, 5) is 10.8. The van der Waals surface area contributed by atoms with Crippen LogP contribution in [0.4, 0.5) is 0 Å². The highest BCUT2D eigenvalue weighted by Crippen LogP contribution is 2.22. The van der Waals surface area contributed by atoms with Gasteiger partial charge in [-0.3, -0.25) is 4.79 Å². The maximum Gasteiger partial charge on any atom is 0.160 e. The van der Waals surface area contributed by atoms with E-state index in [-0.39, 0.29) is 0 Å². The molecule has 0 unspecified atom stereocenters. The van der Waals surface area contributed by atoms with Crippen LogP contribution in [0.1, 0.15) is 10.4 Å². The molecule has 14 heavy (non-hydrogen) atoms. The largest absolute Gasteiger partial charge is 0.462 e. The second-order valence-electron chi connectivity index (χ2n) is 3.03. The van der Waals surface area contributed by atoms with Gasteiger partial charge in [-0.15, -0.1) is 0 Å².